The van der Waals surface area contributed by atoms with Gasteiger partial charge in [-0.15, -0.1) is 0 Å². The summed E-state index contributed by atoms with van der Waals surface area (Å²) in [5.41, 5.74) is 2.54. The maximum atomic E-state index is 15.0. The third-order valence-corrected chi connectivity index (χ3v) is 10.3. The maximum Gasteiger partial charge on any atom is 0.254 e. The van der Waals surface area contributed by atoms with Crippen LogP contribution in [0, 0.1) is 23.6 Å². The summed E-state index contributed by atoms with van der Waals surface area (Å²) in [6.07, 6.45) is 3.70. The minimum atomic E-state index is -1.73. The quantitative estimate of drug-likeness (QED) is 0.343. The summed E-state index contributed by atoms with van der Waals surface area (Å²) in [5.74, 6) is -0.301. The molecule has 0 spiro atoms. The first-order valence-corrected chi connectivity index (χ1v) is 15.1. The van der Waals surface area contributed by atoms with E-state index < -0.39 is 11.4 Å². The zero-order valence-corrected chi connectivity index (χ0v) is 24.2. The Hall–Kier alpha value is -3.10. The minimum absolute atomic E-state index is 0.0255. The number of hydrogen-bond acceptors (Lipinski definition) is 5. The van der Waals surface area contributed by atoms with Crippen LogP contribution in [-0.2, 0) is 34.6 Å². The molecule has 7 rings (SSSR count). The fourth-order valence-electron chi connectivity index (χ4n) is 7.67. The summed E-state index contributed by atoms with van der Waals surface area (Å²) in [6, 6.07) is 2.70. The van der Waals surface area contributed by atoms with Gasteiger partial charge < -0.3 is 15.0 Å². The molecule has 1 saturated carbocycles. The molecule has 4 aliphatic rings. The van der Waals surface area contributed by atoms with E-state index in [9.17, 15) is 19.5 Å². The number of pyridine rings is 2. The molecule has 3 atom stereocenters. The number of carbonyl (C=O) groups excluding carboxylic acids is 2. The molecule has 3 aromatic rings. The Kier molecular flexibility index (Phi) is 6.01. The number of aliphatic hydroxyl groups is 1. The molecule has 1 fully saturated rings. The number of amides is 1. The molecule has 41 heavy (non-hydrogen) atoms. The van der Waals surface area contributed by atoms with Gasteiger partial charge in [-0.3, -0.25) is 14.4 Å². The lowest BCUT2D eigenvalue weighted by Gasteiger charge is -2.32. The van der Waals surface area contributed by atoms with Gasteiger partial charge in [0.25, 0.3) is 5.56 Å². The second-order valence-electron chi connectivity index (χ2n) is 12.6. The van der Waals surface area contributed by atoms with Crippen molar-refractivity contribution < 1.29 is 19.1 Å². The number of aromatic nitrogens is 2. The molecule has 1 aromatic carbocycles. The van der Waals surface area contributed by atoms with E-state index in [1.54, 1.807) is 17.6 Å². The largest absolute Gasteiger partial charge is 0.377 e. The zero-order valence-electron chi connectivity index (χ0n) is 23.4. The van der Waals surface area contributed by atoms with E-state index >= 15 is 4.39 Å². The number of halogens is 2. The molecule has 0 radical (unpaired) electrons. The van der Waals surface area contributed by atoms with Gasteiger partial charge in [0.2, 0.25) is 5.91 Å². The van der Waals surface area contributed by atoms with Gasteiger partial charge >= 0.3 is 0 Å². The summed E-state index contributed by atoms with van der Waals surface area (Å²) in [6.45, 7) is 6.13. The lowest BCUT2D eigenvalue weighted by molar-refractivity contribution is -0.140. The van der Waals surface area contributed by atoms with Gasteiger partial charge in [-0.25, -0.2) is 9.37 Å². The zero-order chi connectivity index (χ0) is 29.0. The number of Topliss-reactive ketones (excluding diaryl/α,β-unsaturated/α-hetero) is 1. The summed E-state index contributed by atoms with van der Waals surface area (Å²) in [4.78, 5) is 45.1. The van der Waals surface area contributed by atoms with E-state index in [1.807, 2.05) is 0 Å². The van der Waals surface area contributed by atoms with Crippen molar-refractivity contribution >= 4 is 34.2 Å². The topological polar surface area (TPSA) is 101 Å². The van der Waals surface area contributed by atoms with E-state index in [0.29, 0.717) is 52.4 Å². The molecule has 1 amide bonds. The van der Waals surface area contributed by atoms with E-state index in [0.717, 1.165) is 29.4 Å². The third kappa shape index (κ3) is 3.79. The maximum absolute atomic E-state index is 15.0. The van der Waals surface area contributed by atoms with Crippen molar-refractivity contribution in [2.45, 2.75) is 83.9 Å². The highest BCUT2D eigenvalue weighted by molar-refractivity contribution is 6.32. The van der Waals surface area contributed by atoms with Gasteiger partial charge in [0.1, 0.15) is 11.4 Å². The predicted molar refractivity (Wildman–Crippen MR) is 153 cm³/mol. The van der Waals surface area contributed by atoms with Crippen LogP contribution in [0.25, 0.3) is 22.3 Å². The first-order valence-electron chi connectivity index (χ1n) is 14.7. The summed E-state index contributed by atoms with van der Waals surface area (Å²) >= 11 is 6.48. The second kappa shape index (κ2) is 9.20. The molecule has 9 heteroatoms. The molecule has 2 aromatic heterocycles. The number of rotatable bonds is 5. The smallest absolute Gasteiger partial charge is 0.254 e. The van der Waals surface area contributed by atoms with Crippen molar-refractivity contribution in [3.8, 4) is 11.4 Å². The number of benzene rings is 1. The van der Waals surface area contributed by atoms with Crippen molar-refractivity contribution in [2.75, 3.05) is 0 Å². The third-order valence-electron chi connectivity index (χ3n) is 9.89. The Morgan fingerprint density at radius 3 is 2.61 bits per heavy atom. The summed E-state index contributed by atoms with van der Waals surface area (Å²) in [7, 11) is 0. The number of nitrogens with zero attached hydrogens (tertiary/aromatic N) is 2. The van der Waals surface area contributed by atoms with Crippen molar-refractivity contribution in [3.05, 3.63) is 61.1 Å². The predicted octanol–water partition coefficient (Wildman–Crippen LogP) is 5.12. The van der Waals surface area contributed by atoms with Crippen molar-refractivity contribution in [2.24, 2.45) is 17.8 Å². The van der Waals surface area contributed by atoms with Crippen LogP contribution in [0.4, 0.5) is 4.39 Å². The van der Waals surface area contributed by atoms with E-state index in [4.69, 9.17) is 16.6 Å². The van der Waals surface area contributed by atoms with E-state index in [1.165, 1.54) is 6.07 Å². The second-order valence-corrected chi connectivity index (χ2v) is 12.9. The molecule has 3 aliphatic carbocycles. The Morgan fingerprint density at radius 1 is 1.17 bits per heavy atom. The highest BCUT2D eigenvalue weighted by atomic mass is 35.5. The molecular formula is C32H33ClFN3O4. The Balaban J connectivity index is 1.44. The van der Waals surface area contributed by atoms with Gasteiger partial charge in [-0.05, 0) is 67.6 Å². The highest BCUT2D eigenvalue weighted by Crippen LogP contribution is 2.47. The Bertz CT molecular complexity index is 1740. The van der Waals surface area contributed by atoms with Crippen LogP contribution < -0.4 is 10.9 Å². The fraction of sp³-hybridized carbons (Fsp3) is 0.500. The monoisotopic (exact) mass is 577 g/mol. The fourth-order valence-corrected chi connectivity index (χ4v) is 7.91. The molecule has 214 valence electrons. The minimum Gasteiger partial charge on any atom is -0.377 e. The molecule has 0 saturated heterocycles. The highest BCUT2D eigenvalue weighted by Gasteiger charge is 2.44. The molecule has 2 N–H and O–H groups in total. The van der Waals surface area contributed by atoms with Crippen LogP contribution in [0.3, 0.4) is 0 Å². The van der Waals surface area contributed by atoms with Crippen molar-refractivity contribution in [1.29, 1.82) is 0 Å². The molecule has 0 bridgehead atoms. The number of carbonyl (C=O) groups is 2. The SMILES string of the molecule is CC[C@@]1(O)C(=O)CCc2c1cc1n(c2=O)Cc2c-1nc1cc(F)c(Cl)c3c1c2C(NC(=O)[C@H](C(C)C)C1CC1)CC3. The summed E-state index contributed by atoms with van der Waals surface area (Å²) < 4.78 is 16.7. The molecule has 3 heterocycles. The Morgan fingerprint density at radius 2 is 1.93 bits per heavy atom. The number of ketones is 1. The van der Waals surface area contributed by atoms with Crippen LogP contribution in [0.5, 0.6) is 0 Å². The number of nitrogens with one attached hydrogen (secondary N) is 1. The normalized spacial score (nSPS) is 23.4. The van der Waals surface area contributed by atoms with Gasteiger partial charge in [-0.2, -0.15) is 0 Å². The van der Waals surface area contributed by atoms with Crippen LogP contribution in [0.1, 0.15) is 86.7 Å². The Labute approximate surface area is 242 Å². The van der Waals surface area contributed by atoms with Gasteiger partial charge in [0.05, 0.1) is 34.5 Å². The number of aryl methyl sites for hydroxylation is 1. The van der Waals surface area contributed by atoms with Crippen LogP contribution in [0.15, 0.2) is 16.9 Å². The van der Waals surface area contributed by atoms with Gasteiger partial charge in [0, 0.05) is 40.5 Å². The van der Waals surface area contributed by atoms with Gasteiger partial charge in [0.15, 0.2) is 5.78 Å². The average Bonchev–Trinajstić information content (AvgIpc) is 3.69. The van der Waals surface area contributed by atoms with E-state index in [-0.39, 0.29) is 66.0 Å². The van der Waals surface area contributed by atoms with Crippen LogP contribution in [0.2, 0.25) is 5.02 Å². The van der Waals surface area contributed by atoms with Crippen LogP contribution in [-0.4, -0.2) is 26.3 Å². The molecule has 7 nitrogen and oxygen atoms in total. The average molecular weight is 578 g/mol. The first kappa shape index (κ1) is 26.8. The first-order chi connectivity index (χ1) is 19.5. The lowest BCUT2D eigenvalue weighted by Crippen LogP contribution is -2.43. The van der Waals surface area contributed by atoms with Gasteiger partial charge in [-0.1, -0.05) is 32.4 Å². The van der Waals surface area contributed by atoms with Crippen molar-refractivity contribution in [1.82, 2.24) is 14.9 Å². The standard InChI is InChI=1S/C32H33ClFN3O4/c1-4-32(41)19-11-23-29-18(13-37(23)31(40)16(19)8-10-24(32)38)27-21(36-30(39)25(14(2)3)15-5-6-15)9-7-17-26(27)22(35-29)12-20(34)28(17)33/h11-12,14-15,21,25,41H,4-10,13H2,1-3H3,(H,36,39)/t21?,25-,32+/m1/s1. The molecule has 1 unspecified atom stereocenters. The van der Waals surface area contributed by atoms with Crippen LogP contribution >= 0.6 is 11.6 Å². The number of hydrogen-bond donors (Lipinski definition) is 2. The lowest BCUT2D eigenvalue weighted by atomic mass is 9.77. The summed E-state index contributed by atoms with van der Waals surface area (Å²) in [5, 5.41) is 15.5. The number of fused-ring (bicyclic) bond motifs is 5. The van der Waals surface area contributed by atoms with E-state index in [2.05, 4.69) is 19.2 Å². The molecular weight excluding hydrogens is 545 g/mol. The van der Waals surface area contributed by atoms with Crippen molar-refractivity contribution in [3.63, 3.8) is 0 Å². The molecule has 1 aliphatic heterocycles.